The minimum absolute atomic E-state index is 0.652. The number of thioether (sulfide) groups is 1. The number of nitrogens with zero attached hydrogens (tertiary/aromatic N) is 2. The third-order valence-electron chi connectivity index (χ3n) is 3.55. The van der Waals surface area contributed by atoms with Crippen molar-refractivity contribution in [1.29, 1.82) is 0 Å². The van der Waals surface area contributed by atoms with Gasteiger partial charge in [-0.1, -0.05) is 0 Å². The molecule has 82 valence electrons. The molecule has 15 heavy (non-hydrogen) atoms. The van der Waals surface area contributed by atoms with E-state index in [1.165, 1.54) is 42.0 Å². The third-order valence-corrected chi connectivity index (χ3v) is 4.53. The van der Waals surface area contributed by atoms with Crippen molar-refractivity contribution in [2.75, 3.05) is 5.75 Å². The van der Waals surface area contributed by atoms with Gasteiger partial charge < -0.3 is 5.73 Å². The molecule has 0 atom stereocenters. The van der Waals surface area contributed by atoms with E-state index in [1.807, 2.05) is 11.8 Å². The van der Waals surface area contributed by atoms with Gasteiger partial charge in [0.2, 0.25) is 0 Å². The first-order chi connectivity index (χ1) is 7.40. The molecule has 1 saturated carbocycles. The highest BCUT2D eigenvalue weighted by molar-refractivity contribution is 7.98. The van der Waals surface area contributed by atoms with Crippen LogP contribution in [0.1, 0.15) is 42.3 Å². The van der Waals surface area contributed by atoms with Crippen LogP contribution in [0.3, 0.4) is 0 Å². The molecule has 0 spiro atoms. The first-order valence-electron chi connectivity index (χ1n) is 5.77. The van der Waals surface area contributed by atoms with Crippen LogP contribution >= 0.6 is 11.8 Å². The molecule has 0 amide bonds. The molecule has 1 aliphatic carbocycles. The predicted molar refractivity (Wildman–Crippen MR) is 62.9 cm³/mol. The van der Waals surface area contributed by atoms with Gasteiger partial charge in [0.25, 0.3) is 0 Å². The van der Waals surface area contributed by atoms with Gasteiger partial charge in [0, 0.05) is 24.3 Å². The van der Waals surface area contributed by atoms with E-state index in [0.717, 1.165) is 12.2 Å². The highest BCUT2D eigenvalue weighted by Crippen LogP contribution is 2.35. The Labute approximate surface area is 94.4 Å². The van der Waals surface area contributed by atoms with Gasteiger partial charge in [0.1, 0.15) is 0 Å². The van der Waals surface area contributed by atoms with Crippen LogP contribution in [0, 0.1) is 0 Å². The first kappa shape index (κ1) is 9.73. The van der Waals surface area contributed by atoms with Crippen molar-refractivity contribution < 1.29 is 0 Å². The summed E-state index contributed by atoms with van der Waals surface area (Å²) in [6.45, 7) is 0.652. The quantitative estimate of drug-likeness (QED) is 0.832. The number of nitrogens with two attached hydrogens (primary N) is 1. The lowest BCUT2D eigenvalue weighted by Crippen LogP contribution is -2.21. The maximum Gasteiger partial charge on any atom is 0.0676 e. The van der Waals surface area contributed by atoms with Crippen LogP contribution in [0.25, 0.3) is 0 Å². The Morgan fingerprint density at radius 3 is 3.00 bits per heavy atom. The summed E-state index contributed by atoms with van der Waals surface area (Å²) in [5, 5.41) is 4.77. The second-order valence-corrected chi connectivity index (χ2v) is 5.51. The fourth-order valence-electron chi connectivity index (χ4n) is 2.42. The van der Waals surface area contributed by atoms with Gasteiger partial charge >= 0.3 is 0 Å². The zero-order valence-corrected chi connectivity index (χ0v) is 9.72. The molecule has 1 aromatic rings. The Bertz CT molecular complexity index is 368. The van der Waals surface area contributed by atoms with E-state index in [-0.39, 0.29) is 0 Å². The van der Waals surface area contributed by atoms with Gasteiger partial charge in [0.15, 0.2) is 0 Å². The average Bonchev–Trinajstić information content (AvgIpc) is 2.53. The summed E-state index contributed by atoms with van der Waals surface area (Å²) < 4.78 is 2.24. The molecule has 0 bridgehead atoms. The van der Waals surface area contributed by atoms with E-state index in [0.29, 0.717) is 12.6 Å². The van der Waals surface area contributed by atoms with E-state index in [4.69, 9.17) is 10.8 Å². The molecule has 1 aromatic heterocycles. The van der Waals surface area contributed by atoms with Gasteiger partial charge in [-0.15, -0.1) is 0 Å². The Morgan fingerprint density at radius 1 is 1.47 bits per heavy atom. The second kappa shape index (κ2) is 3.83. The van der Waals surface area contributed by atoms with Crippen LogP contribution in [0.4, 0.5) is 0 Å². The average molecular weight is 223 g/mol. The Morgan fingerprint density at radius 2 is 2.33 bits per heavy atom. The lowest BCUT2D eigenvalue weighted by Gasteiger charge is -2.27. The molecular weight excluding hydrogens is 206 g/mol. The van der Waals surface area contributed by atoms with E-state index >= 15 is 0 Å². The molecule has 2 N–H and O–H groups in total. The van der Waals surface area contributed by atoms with E-state index < -0.39 is 0 Å². The van der Waals surface area contributed by atoms with Crippen molar-refractivity contribution in [3.05, 3.63) is 17.0 Å². The molecule has 2 aliphatic rings. The number of rotatable bonds is 2. The van der Waals surface area contributed by atoms with Gasteiger partial charge in [0.05, 0.1) is 17.4 Å². The highest BCUT2D eigenvalue weighted by atomic mass is 32.2. The zero-order chi connectivity index (χ0) is 10.3. The highest BCUT2D eigenvalue weighted by Gasteiger charge is 2.27. The van der Waals surface area contributed by atoms with Crippen LogP contribution in [0.5, 0.6) is 0 Å². The van der Waals surface area contributed by atoms with Crippen LogP contribution in [0.15, 0.2) is 0 Å². The van der Waals surface area contributed by atoms with Gasteiger partial charge in [-0.05, 0) is 25.0 Å². The summed E-state index contributed by atoms with van der Waals surface area (Å²) in [7, 11) is 0. The fraction of sp³-hybridized carbons (Fsp3) is 0.727. The number of hydrogen-bond donors (Lipinski definition) is 1. The summed E-state index contributed by atoms with van der Waals surface area (Å²) in [4.78, 5) is 0. The SMILES string of the molecule is NCc1c2c(nn1C1CCC1)CCSC2. The number of fused-ring (bicyclic) bond motifs is 1. The molecule has 3 nitrogen and oxygen atoms in total. The Hall–Kier alpha value is -0.480. The predicted octanol–water partition coefficient (Wildman–Crippen LogP) is 1.86. The number of aromatic nitrogens is 2. The lowest BCUT2D eigenvalue weighted by molar-refractivity contribution is 0.281. The molecule has 3 rings (SSSR count). The van der Waals surface area contributed by atoms with Gasteiger partial charge in [-0.25, -0.2) is 0 Å². The molecular formula is C11H17N3S. The summed E-state index contributed by atoms with van der Waals surface area (Å²) in [5.41, 5.74) is 9.94. The van der Waals surface area contributed by atoms with Crippen LogP contribution in [-0.4, -0.2) is 15.5 Å². The van der Waals surface area contributed by atoms with Crippen molar-refractivity contribution in [1.82, 2.24) is 9.78 Å². The van der Waals surface area contributed by atoms with Crippen molar-refractivity contribution in [3.8, 4) is 0 Å². The topological polar surface area (TPSA) is 43.8 Å². The Balaban J connectivity index is 2.01. The number of hydrogen-bond acceptors (Lipinski definition) is 3. The van der Waals surface area contributed by atoms with Crippen LogP contribution in [0.2, 0.25) is 0 Å². The standard InChI is InChI=1S/C11H17N3S/c12-6-11-9-7-15-5-4-10(9)13-14(11)8-2-1-3-8/h8H,1-7,12H2. The molecule has 1 aliphatic heterocycles. The van der Waals surface area contributed by atoms with Gasteiger partial charge in [-0.2, -0.15) is 16.9 Å². The minimum atomic E-state index is 0.652. The van der Waals surface area contributed by atoms with Crippen LogP contribution < -0.4 is 5.73 Å². The van der Waals surface area contributed by atoms with E-state index in [9.17, 15) is 0 Å². The molecule has 0 aromatic carbocycles. The molecule has 0 unspecified atom stereocenters. The number of aryl methyl sites for hydroxylation is 1. The molecule has 4 heteroatoms. The monoisotopic (exact) mass is 223 g/mol. The zero-order valence-electron chi connectivity index (χ0n) is 8.91. The van der Waals surface area contributed by atoms with E-state index in [1.54, 1.807) is 0 Å². The summed E-state index contributed by atoms with van der Waals surface area (Å²) in [5.74, 6) is 2.34. The van der Waals surface area contributed by atoms with Crippen molar-refractivity contribution in [2.45, 2.75) is 44.0 Å². The Kier molecular flexibility index (Phi) is 2.48. The maximum absolute atomic E-state index is 5.87. The summed E-state index contributed by atoms with van der Waals surface area (Å²) in [6.07, 6.45) is 5.07. The van der Waals surface area contributed by atoms with Gasteiger partial charge in [-0.3, -0.25) is 4.68 Å². The summed E-state index contributed by atoms with van der Waals surface area (Å²) >= 11 is 2.01. The first-order valence-corrected chi connectivity index (χ1v) is 6.92. The molecule has 0 radical (unpaired) electrons. The van der Waals surface area contributed by atoms with Crippen molar-refractivity contribution >= 4 is 11.8 Å². The normalized spacial score (nSPS) is 21.1. The smallest absolute Gasteiger partial charge is 0.0676 e. The molecule has 0 saturated heterocycles. The third kappa shape index (κ3) is 1.51. The van der Waals surface area contributed by atoms with E-state index in [2.05, 4.69) is 4.68 Å². The van der Waals surface area contributed by atoms with Crippen LogP contribution in [-0.2, 0) is 18.7 Å². The fourth-order valence-corrected chi connectivity index (χ4v) is 3.44. The lowest BCUT2D eigenvalue weighted by atomic mass is 9.93. The largest absolute Gasteiger partial charge is 0.325 e. The molecule has 1 fully saturated rings. The van der Waals surface area contributed by atoms with Crippen molar-refractivity contribution in [3.63, 3.8) is 0 Å². The second-order valence-electron chi connectivity index (χ2n) is 4.41. The minimum Gasteiger partial charge on any atom is -0.325 e. The molecule has 2 heterocycles. The summed E-state index contributed by atoms with van der Waals surface area (Å²) in [6, 6.07) is 0.652. The van der Waals surface area contributed by atoms with Crippen molar-refractivity contribution in [2.24, 2.45) is 5.73 Å². The maximum atomic E-state index is 5.87.